The number of benzene rings is 1. The number of anilines is 1. The monoisotopic (exact) mass is 535 g/mol. The van der Waals surface area contributed by atoms with E-state index in [1.807, 2.05) is 11.8 Å². The van der Waals surface area contributed by atoms with Crippen LogP contribution in [0, 0.1) is 11.6 Å². The van der Waals surface area contributed by atoms with Gasteiger partial charge in [0, 0.05) is 44.2 Å². The molecule has 9 heteroatoms. The molecule has 1 aliphatic carbocycles. The lowest BCUT2D eigenvalue weighted by Gasteiger charge is -2.21. The van der Waals surface area contributed by atoms with Gasteiger partial charge in [-0.05, 0) is 38.3 Å². The number of carbonyl (C=O) groups is 1. The second-order valence-corrected chi connectivity index (χ2v) is 7.73. The Kier molecular flexibility index (Phi) is 10.1. The van der Waals surface area contributed by atoms with Crippen LogP contribution in [0.25, 0.3) is 0 Å². The minimum Gasteiger partial charge on any atom is -0.367 e. The summed E-state index contributed by atoms with van der Waals surface area (Å²) in [7, 11) is 0. The number of hydrogen-bond donors (Lipinski definition) is 3. The third-order valence-corrected chi connectivity index (χ3v) is 5.45. The van der Waals surface area contributed by atoms with E-state index in [4.69, 9.17) is 0 Å². The van der Waals surface area contributed by atoms with Gasteiger partial charge in [-0.25, -0.2) is 8.78 Å². The quantitative estimate of drug-likeness (QED) is 0.285. The van der Waals surface area contributed by atoms with E-state index in [2.05, 4.69) is 20.9 Å². The highest BCUT2D eigenvalue weighted by Crippen LogP contribution is 2.24. The summed E-state index contributed by atoms with van der Waals surface area (Å²) < 4.78 is 27.2. The largest absolute Gasteiger partial charge is 0.367 e. The zero-order chi connectivity index (χ0) is 20.6. The lowest BCUT2D eigenvalue weighted by Crippen LogP contribution is -2.44. The third kappa shape index (κ3) is 7.24. The summed E-state index contributed by atoms with van der Waals surface area (Å²) in [6.07, 6.45) is 5.72. The predicted molar refractivity (Wildman–Crippen MR) is 127 cm³/mol. The smallest absolute Gasteiger partial charge is 0.222 e. The molecule has 1 unspecified atom stereocenters. The molecule has 2 aliphatic rings. The average Bonchev–Trinajstić information content (AvgIpc) is 3.34. The minimum absolute atomic E-state index is 0. The molecular weight excluding hydrogens is 503 g/mol. The SMILES string of the molecule is CCNC(=NCCC(=O)NC1CCCC1)NC1CCN(c2ccc(F)cc2F)C1.I. The summed E-state index contributed by atoms with van der Waals surface area (Å²) in [5.41, 5.74) is 0.418. The van der Waals surface area contributed by atoms with E-state index in [1.54, 1.807) is 0 Å². The molecule has 3 rings (SSSR count). The highest BCUT2D eigenvalue weighted by atomic mass is 127. The lowest BCUT2D eigenvalue weighted by molar-refractivity contribution is -0.121. The van der Waals surface area contributed by atoms with Gasteiger partial charge in [-0.3, -0.25) is 9.79 Å². The maximum absolute atomic E-state index is 14.0. The Bertz CT molecular complexity index is 727. The van der Waals surface area contributed by atoms with Crippen LogP contribution < -0.4 is 20.9 Å². The lowest BCUT2D eigenvalue weighted by atomic mass is 10.2. The predicted octanol–water partition coefficient (Wildman–Crippen LogP) is 3.17. The van der Waals surface area contributed by atoms with Crippen LogP contribution in [-0.2, 0) is 4.79 Å². The Morgan fingerprint density at radius 3 is 2.63 bits per heavy atom. The van der Waals surface area contributed by atoms with Crippen molar-refractivity contribution in [1.29, 1.82) is 0 Å². The van der Waals surface area contributed by atoms with Crippen LogP contribution in [0.15, 0.2) is 23.2 Å². The van der Waals surface area contributed by atoms with E-state index in [1.165, 1.54) is 25.0 Å². The van der Waals surface area contributed by atoms with Crippen LogP contribution in [0.2, 0.25) is 0 Å². The third-order valence-electron chi connectivity index (χ3n) is 5.45. The van der Waals surface area contributed by atoms with Crippen molar-refractivity contribution in [3.8, 4) is 0 Å². The molecule has 6 nitrogen and oxygen atoms in total. The fraction of sp³-hybridized carbons (Fsp3) is 0.619. The highest BCUT2D eigenvalue weighted by molar-refractivity contribution is 14.0. The molecule has 1 atom stereocenters. The Morgan fingerprint density at radius 2 is 1.93 bits per heavy atom. The molecule has 1 aromatic rings. The van der Waals surface area contributed by atoms with Crippen LogP contribution in [0.1, 0.15) is 45.4 Å². The molecule has 1 aliphatic heterocycles. The molecule has 3 N–H and O–H groups in total. The topological polar surface area (TPSA) is 68.8 Å². The van der Waals surface area contributed by atoms with Crippen molar-refractivity contribution >= 4 is 41.5 Å². The van der Waals surface area contributed by atoms with Crippen LogP contribution in [0.5, 0.6) is 0 Å². The van der Waals surface area contributed by atoms with Gasteiger partial charge in [0.25, 0.3) is 0 Å². The zero-order valence-electron chi connectivity index (χ0n) is 17.4. The van der Waals surface area contributed by atoms with Gasteiger partial charge in [0.05, 0.1) is 12.2 Å². The second kappa shape index (κ2) is 12.3. The van der Waals surface area contributed by atoms with Gasteiger partial charge >= 0.3 is 0 Å². The maximum atomic E-state index is 14.0. The second-order valence-electron chi connectivity index (χ2n) is 7.73. The molecule has 0 radical (unpaired) electrons. The molecule has 168 valence electrons. The first kappa shape index (κ1) is 24.6. The van der Waals surface area contributed by atoms with E-state index >= 15 is 0 Å². The summed E-state index contributed by atoms with van der Waals surface area (Å²) in [5.74, 6) is -0.402. The van der Waals surface area contributed by atoms with Gasteiger partial charge in [0.2, 0.25) is 5.91 Å². The molecule has 1 saturated carbocycles. The van der Waals surface area contributed by atoms with Crippen LogP contribution in [-0.4, -0.2) is 50.1 Å². The van der Waals surface area contributed by atoms with Gasteiger partial charge < -0.3 is 20.9 Å². The fourth-order valence-electron chi connectivity index (χ4n) is 3.99. The van der Waals surface area contributed by atoms with Crippen LogP contribution in [0.4, 0.5) is 14.5 Å². The molecule has 0 bridgehead atoms. The molecule has 30 heavy (non-hydrogen) atoms. The zero-order valence-corrected chi connectivity index (χ0v) is 19.8. The standard InChI is InChI=1S/C21H31F2N5O.HI/c1-2-24-21(25-11-9-20(29)26-16-5-3-4-6-16)27-17-10-12-28(14-17)19-8-7-15(22)13-18(19)23;/h7-8,13,16-17H,2-6,9-12,14H2,1H3,(H,26,29)(H2,24,25,27);1H. The number of halogens is 3. The Hall–Kier alpha value is -1.65. The molecule has 0 aromatic heterocycles. The van der Waals surface area contributed by atoms with Crippen LogP contribution >= 0.6 is 24.0 Å². The van der Waals surface area contributed by atoms with Crippen LogP contribution in [0.3, 0.4) is 0 Å². The van der Waals surface area contributed by atoms with Crippen molar-refractivity contribution in [2.75, 3.05) is 31.1 Å². The number of amides is 1. The first-order valence-electron chi connectivity index (χ1n) is 10.6. The van der Waals surface area contributed by atoms with Gasteiger partial charge in [-0.15, -0.1) is 24.0 Å². The number of aliphatic imine (C=N–C) groups is 1. The molecule has 1 heterocycles. The minimum atomic E-state index is -0.571. The summed E-state index contributed by atoms with van der Waals surface area (Å²) in [5, 5.41) is 9.63. The number of guanidine groups is 1. The van der Waals surface area contributed by atoms with E-state index < -0.39 is 11.6 Å². The molecule has 1 saturated heterocycles. The molecule has 1 amide bonds. The van der Waals surface area contributed by atoms with Gasteiger partial charge in [-0.1, -0.05) is 12.8 Å². The normalized spacial score (nSPS) is 19.5. The van der Waals surface area contributed by atoms with E-state index in [0.29, 0.717) is 50.3 Å². The fourth-order valence-corrected chi connectivity index (χ4v) is 3.99. The Balaban J connectivity index is 0.00000320. The van der Waals surface area contributed by atoms with Crippen molar-refractivity contribution in [1.82, 2.24) is 16.0 Å². The first-order chi connectivity index (χ1) is 14.0. The average molecular weight is 535 g/mol. The van der Waals surface area contributed by atoms with Crippen molar-refractivity contribution in [2.45, 2.75) is 57.5 Å². The van der Waals surface area contributed by atoms with E-state index in [9.17, 15) is 13.6 Å². The Morgan fingerprint density at radius 1 is 1.17 bits per heavy atom. The summed E-state index contributed by atoms with van der Waals surface area (Å²) in [4.78, 5) is 18.5. The number of hydrogen-bond acceptors (Lipinski definition) is 3. The van der Waals surface area contributed by atoms with Crippen molar-refractivity contribution in [2.24, 2.45) is 4.99 Å². The summed E-state index contributed by atoms with van der Waals surface area (Å²) in [6, 6.07) is 4.10. The number of rotatable bonds is 7. The number of nitrogens with one attached hydrogen (secondary N) is 3. The van der Waals surface area contributed by atoms with E-state index in [-0.39, 0.29) is 35.9 Å². The highest BCUT2D eigenvalue weighted by Gasteiger charge is 2.25. The van der Waals surface area contributed by atoms with Gasteiger partial charge in [0.15, 0.2) is 5.96 Å². The molecule has 2 fully saturated rings. The Labute approximate surface area is 194 Å². The molecule has 0 spiro atoms. The van der Waals surface area contributed by atoms with Crippen molar-refractivity contribution < 1.29 is 13.6 Å². The molecule has 1 aromatic carbocycles. The molecular formula is C21H32F2IN5O. The van der Waals surface area contributed by atoms with Crippen molar-refractivity contribution in [3.05, 3.63) is 29.8 Å². The summed E-state index contributed by atoms with van der Waals surface area (Å²) >= 11 is 0. The van der Waals surface area contributed by atoms with Gasteiger partial charge in [-0.2, -0.15) is 0 Å². The van der Waals surface area contributed by atoms with Crippen molar-refractivity contribution in [3.63, 3.8) is 0 Å². The number of carbonyl (C=O) groups excluding carboxylic acids is 1. The number of nitrogens with zero attached hydrogens (tertiary/aromatic N) is 2. The van der Waals surface area contributed by atoms with Gasteiger partial charge in [0.1, 0.15) is 11.6 Å². The maximum Gasteiger partial charge on any atom is 0.222 e. The van der Waals surface area contributed by atoms with E-state index in [0.717, 1.165) is 25.3 Å². The summed E-state index contributed by atoms with van der Waals surface area (Å²) in [6.45, 7) is 4.40. The first-order valence-corrected chi connectivity index (χ1v) is 10.6.